The third kappa shape index (κ3) is 3.63. The van der Waals surface area contributed by atoms with E-state index in [9.17, 15) is 12.3 Å². The Bertz CT molecular complexity index is 140. The third-order valence-electron chi connectivity index (χ3n) is 1.28. The van der Waals surface area contributed by atoms with Gasteiger partial charge in [0.2, 0.25) is 0 Å². The van der Waals surface area contributed by atoms with Crippen molar-refractivity contribution in [3.63, 3.8) is 0 Å². The van der Waals surface area contributed by atoms with Gasteiger partial charge >= 0.3 is 77.0 Å². The predicted octanol–water partition coefficient (Wildman–Crippen LogP) is 1.94. The van der Waals surface area contributed by atoms with Gasteiger partial charge in [0, 0.05) is 0 Å². The van der Waals surface area contributed by atoms with Crippen LogP contribution in [0, 0.1) is 0 Å². The summed E-state index contributed by atoms with van der Waals surface area (Å²) in [5.74, 6) is 0. The summed E-state index contributed by atoms with van der Waals surface area (Å²) in [4.78, 5) is 5.28. The molecule has 74 valence electrons. The van der Waals surface area contributed by atoms with Crippen LogP contribution in [0.2, 0.25) is 14.8 Å². The average molecular weight is 307 g/mol. The van der Waals surface area contributed by atoms with Crippen molar-refractivity contribution >= 4 is 27.9 Å². The molecule has 0 fully saturated rings. The number of halogens is 3. The summed E-state index contributed by atoms with van der Waals surface area (Å²) >= 11 is -3.01. The molecule has 0 amide bonds. The predicted molar refractivity (Wildman–Crippen MR) is 48.0 cm³/mol. The van der Waals surface area contributed by atoms with Gasteiger partial charge in [0.1, 0.15) is 0 Å². The number of rotatable bonds is 3. The maximum atomic E-state index is 12.5. The maximum absolute atomic E-state index is 12.5. The van der Waals surface area contributed by atoms with Crippen molar-refractivity contribution in [3.05, 3.63) is 0 Å². The van der Waals surface area contributed by atoms with Crippen LogP contribution in [0.1, 0.15) is 0 Å². The van der Waals surface area contributed by atoms with Crippen LogP contribution in [-0.4, -0.2) is 49.9 Å². The molecule has 0 heterocycles. The number of hydrogen-bond donors (Lipinski definition) is 0. The summed E-state index contributed by atoms with van der Waals surface area (Å²) in [5.41, 5.74) is 0. The molecule has 0 spiro atoms. The summed E-state index contributed by atoms with van der Waals surface area (Å²) in [6.07, 6.45) is 0. The van der Waals surface area contributed by atoms with Gasteiger partial charge in [0.05, 0.1) is 0 Å². The Morgan fingerprint density at radius 1 is 1.00 bits per heavy atom. The van der Waals surface area contributed by atoms with Gasteiger partial charge in [-0.25, -0.2) is 0 Å². The van der Waals surface area contributed by atoms with E-state index in [-0.39, 0.29) is 0 Å². The zero-order valence-corrected chi connectivity index (χ0v) is 11.9. The van der Waals surface area contributed by atoms with Gasteiger partial charge in [-0.2, -0.15) is 0 Å². The fraction of sp³-hybridized carbons (Fsp3) is 1.00. The molecule has 0 aliphatic rings. The van der Waals surface area contributed by atoms with E-state index in [1.54, 1.807) is 14.8 Å². The average Bonchev–Trinajstić information content (AvgIpc) is 1.49. The van der Waals surface area contributed by atoms with Crippen LogP contribution in [0.15, 0.2) is 0 Å². The second-order valence-corrected chi connectivity index (χ2v) is 20.0. The molecular weight excluding hydrogens is 292 g/mol. The molecule has 7 heteroatoms. The number of nitrogens with zero attached hydrogens (tertiary/aromatic N) is 2. The molecule has 0 rings (SSSR count). The van der Waals surface area contributed by atoms with Crippen molar-refractivity contribution in [2.75, 3.05) is 14.1 Å². The summed E-state index contributed by atoms with van der Waals surface area (Å²) in [7, 11) is -2.71. The molecule has 0 radical (unpaired) electrons. The Morgan fingerprint density at radius 2 is 1.33 bits per heavy atom. The zero-order valence-electron chi connectivity index (χ0n) is 8.03. The first kappa shape index (κ1) is 12.7. The second-order valence-electron chi connectivity index (χ2n) is 3.80. The summed E-state index contributed by atoms with van der Waals surface area (Å²) < 4.78 is 38.4. The van der Waals surface area contributed by atoms with Crippen molar-refractivity contribution in [2.24, 2.45) is 0 Å². The van der Waals surface area contributed by atoms with Gasteiger partial charge in [-0.15, -0.1) is 0 Å². The van der Waals surface area contributed by atoms with E-state index in [0.29, 0.717) is 0 Å². The van der Waals surface area contributed by atoms with Crippen molar-refractivity contribution in [1.82, 2.24) is 7.91 Å². The number of hydrogen-bond acceptors (Lipinski definition) is 2. The molecular formula is C5H15F3N2SiSn. The van der Waals surface area contributed by atoms with Crippen LogP contribution < -0.4 is 0 Å². The minimum absolute atomic E-state index is 0.724. The zero-order chi connectivity index (χ0) is 10.2. The van der Waals surface area contributed by atoms with E-state index >= 15 is 0 Å². The molecule has 0 aliphatic carbocycles. The van der Waals surface area contributed by atoms with E-state index in [1.165, 1.54) is 19.1 Å². The van der Waals surface area contributed by atoms with Crippen LogP contribution in [0.5, 0.6) is 0 Å². The topological polar surface area (TPSA) is 6.48 Å². The molecule has 12 heavy (non-hydrogen) atoms. The minimum atomic E-state index is -5.63. The van der Waals surface area contributed by atoms with Gasteiger partial charge in [0.25, 0.3) is 0 Å². The molecule has 0 N–H and O–H groups in total. The van der Waals surface area contributed by atoms with E-state index < -0.39 is 27.9 Å². The first-order valence-electron chi connectivity index (χ1n) is 3.61. The van der Waals surface area contributed by atoms with E-state index in [0.717, 1.165) is 2.90 Å². The quantitative estimate of drug-likeness (QED) is 0.447. The fourth-order valence-corrected chi connectivity index (χ4v) is 12.4. The molecule has 0 aromatic rings. The van der Waals surface area contributed by atoms with Crippen LogP contribution in [0.4, 0.5) is 12.3 Å². The van der Waals surface area contributed by atoms with Gasteiger partial charge in [-0.3, -0.25) is 0 Å². The molecule has 2 nitrogen and oxygen atoms in total. The molecule has 0 unspecified atom stereocenters. The molecule has 0 aromatic carbocycles. The fourth-order valence-electron chi connectivity index (χ4n) is 1.21. The van der Waals surface area contributed by atoms with Crippen LogP contribution in [-0.2, 0) is 0 Å². The normalized spacial score (nSPS) is 14.5. The molecule has 0 atom stereocenters. The summed E-state index contributed by atoms with van der Waals surface area (Å²) in [5, 5.41) is 1.20. The van der Waals surface area contributed by atoms with Crippen molar-refractivity contribution in [3.8, 4) is 0 Å². The van der Waals surface area contributed by atoms with E-state index in [2.05, 4.69) is 0 Å². The Kier molecular flexibility index (Phi) is 4.08. The first-order valence-corrected chi connectivity index (χ1v) is 15.0. The monoisotopic (exact) mass is 308 g/mol. The van der Waals surface area contributed by atoms with E-state index in [1.807, 2.05) is 0 Å². The standard InChI is InChI=1S/C2H6F3N2Si.3CH3.Sn/c1-7(2)6-8(3,4)5;;;;/h1-2H3;3*1H3;/q-1;;;;+1. The Hall–Kier alpha value is 0.726. The Morgan fingerprint density at radius 3 is 1.33 bits per heavy atom. The number of hydrazine groups is 1. The molecule has 0 saturated heterocycles. The van der Waals surface area contributed by atoms with Crippen LogP contribution in [0.3, 0.4) is 0 Å². The Labute approximate surface area is 77.1 Å². The van der Waals surface area contributed by atoms with Crippen LogP contribution >= 0.6 is 0 Å². The SMILES string of the molecule is CN(C)[N]([Si](F)(F)F)[Sn]([CH3])([CH3])[CH3]. The van der Waals surface area contributed by atoms with Crippen molar-refractivity contribution in [1.29, 1.82) is 0 Å². The van der Waals surface area contributed by atoms with Gasteiger partial charge < -0.3 is 0 Å². The van der Waals surface area contributed by atoms with Crippen LogP contribution in [0.25, 0.3) is 0 Å². The van der Waals surface area contributed by atoms with E-state index in [4.69, 9.17) is 0 Å². The van der Waals surface area contributed by atoms with Gasteiger partial charge in [-0.1, -0.05) is 0 Å². The molecule has 0 aromatic heterocycles. The third-order valence-corrected chi connectivity index (χ3v) is 13.6. The second kappa shape index (κ2) is 3.85. The molecule has 0 saturated carbocycles. The Balaban J connectivity index is 4.70. The molecule has 0 aliphatic heterocycles. The van der Waals surface area contributed by atoms with Crippen molar-refractivity contribution in [2.45, 2.75) is 14.8 Å². The van der Waals surface area contributed by atoms with Gasteiger partial charge in [0.15, 0.2) is 0 Å². The molecule has 0 bridgehead atoms. The first-order chi connectivity index (χ1) is 5.07. The van der Waals surface area contributed by atoms with Gasteiger partial charge in [-0.05, 0) is 0 Å². The summed E-state index contributed by atoms with van der Waals surface area (Å²) in [6.45, 7) is 0. The summed E-state index contributed by atoms with van der Waals surface area (Å²) in [6, 6.07) is 0. The van der Waals surface area contributed by atoms with Crippen molar-refractivity contribution < 1.29 is 12.3 Å².